The van der Waals surface area contributed by atoms with E-state index in [1.807, 2.05) is 16.7 Å². The average molecular weight is 264 g/mol. The van der Waals surface area contributed by atoms with Gasteiger partial charge in [-0.3, -0.25) is 4.79 Å². The number of fused-ring (bicyclic) bond motifs is 1. The summed E-state index contributed by atoms with van der Waals surface area (Å²) in [6.45, 7) is 5.49. The van der Waals surface area contributed by atoms with Crippen LogP contribution in [-0.4, -0.2) is 24.2 Å². The summed E-state index contributed by atoms with van der Waals surface area (Å²) in [5, 5.41) is 0.436. The zero-order valence-corrected chi connectivity index (χ0v) is 11.8. The number of hydrogen-bond donors (Lipinski definition) is 1. The summed E-state index contributed by atoms with van der Waals surface area (Å²) < 4.78 is 0. The number of carbonyl (C=O) groups excluding carboxylic acids is 1. The molecule has 18 heavy (non-hydrogen) atoms. The molecule has 1 amide bonds. The highest BCUT2D eigenvalue weighted by Gasteiger charge is 2.28. The first-order chi connectivity index (χ1) is 8.67. The number of nitrogens with zero attached hydrogens (tertiary/aromatic N) is 1. The lowest BCUT2D eigenvalue weighted by Gasteiger charge is -2.34. The maximum atomic E-state index is 12.2. The van der Waals surface area contributed by atoms with Crippen LogP contribution in [0.15, 0.2) is 23.1 Å². The molecule has 1 atom stereocenters. The molecule has 1 heterocycles. The maximum Gasteiger partial charge on any atom is 0.228 e. The van der Waals surface area contributed by atoms with Crippen molar-refractivity contribution in [3.05, 3.63) is 23.8 Å². The fourth-order valence-corrected chi connectivity index (χ4v) is 3.51. The van der Waals surface area contributed by atoms with E-state index in [2.05, 4.69) is 32.0 Å². The third-order valence-electron chi connectivity index (χ3n) is 3.16. The summed E-state index contributed by atoms with van der Waals surface area (Å²) in [4.78, 5) is 15.4. The Bertz CT molecular complexity index is 447. The number of hydrogen-bond acceptors (Lipinski definition) is 3. The molecule has 0 spiro atoms. The second-order valence-corrected chi connectivity index (χ2v) is 6.07. The smallest absolute Gasteiger partial charge is 0.228 e. The fourth-order valence-electron chi connectivity index (χ4n) is 2.34. The summed E-state index contributed by atoms with van der Waals surface area (Å²) in [5.41, 5.74) is 7.87. The van der Waals surface area contributed by atoms with Crippen LogP contribution in [-0.2, 0) is 11.2 Å². The molecule has 1 aliphatic rings. The number of benzene rings is 1. The number of carbonyl (C=O) groups is 1. The Labute approximate surface area is 113 Å². The lowest BCUT2D eigenvalue weighted by molar-refractivity contribution is -0.118. The zero-order valence-electron chi connectivity index (χ0n) is 11.0. The molecular formula is C14H20N2OS. The molecule has 98 valence electrons. The highest BCUT2D eigenvalue weighted by Crippen LogP contribution is 2.40. The third kappa shape index (κ3) is 2.54. The SMILES string of the molecule is CCc1cccc2c1N(C(=O)CCN)CC(C)S2. The van der Waals surface area contributed by atoms with Crippen LogP contribution in [0.5, 0.6) is 0 Å². The highest BCUT2D eigenvalue weighted by molar-refractivity contribution is 8.00. The molecule has 0 bridgehead atoms. The largest absolute Gasteiger partial charge is 0.330 e. The first-order valence-corrected chi connectivity index (χ1v) is 7.34. The van der Waals surface area contributed by atoms with E-state index in [-0.39, 0.29) is 5.91 Å². The Kier molecular flexibility index (Phi) is 4.30. The van der Waals surface area contributed by atoms with Crippen LogP contribution in [0, 0.1) is 0 Å². The standard InChI is InChI=1S/C14H20N2OS/c1-3-11-5-4-6-12-14(11)16(9-10(2)18-12)13(17)7-8-15/h4-6,10H,3,7-9,15H2,1-2H3. The third-order valence-corrected chi connectivity index (χ3v) is 4.30. The molecule has 1 aromatic rings. The number of nitrogens with two attached hydrogens (primary N) is 1. The Hall–Kier alpha value is -1.000. The van der Waals surface area contributed by atoms with Crippen molar-refractivity contribution in [2.75, 3.05) is 18.0 Å². The first-order valence-electron chi connectivity index (χ1n) is 6.46. The van der Waals surface area contributed by atoms with E-state index >= 15 is 0 Å². The van der Waals surface area contributed by atoms with Gasteiger partial charge in [-0.1, -0.05) is 26.0 Å². The topological polar surface area (TPSA) is 46.3 Å². The van der Waals surface area contributed by atoms with E-state index < -0.39 is 0 Å². The van der Waals surface area contributed by atoms with E-state index in [1.165, 1.54) is 10.5 Å². The van der Waals surface area contributed by atoms with E-state index in [9.17, 15) is 4.79 Å². The minimum atomic E-state index is 0.145. The predicted octanol–water partition coefficient (Wildman–Crippen LogP) is 2.43. The van der Waals surface area contributed by atoms with E-state index in [4.69, 9.17) is 5.73 Å². The normalized spacial score (nSPS) is 18.6. The second kappa shape index (κ2) is 5.76. The van der Waals surface area contributed by atoms with Gasteiger partial charge < -0.3 is 10.6 Å². The van der Waals surface area contributed by atoms with Gasteiger partial charge in [-0.15, -0.1) is 11.8 Å². The lowest BCUT2D eigenvalue weighted by Crippen LogP contribution is -2.40. The summed E-state index contributed by atoms with van der Waals surface area (Å²) in [6, 6.07) is 6.30. The second-order valence-electron chi connectivity index (χ2n) is 4.59. The molecular weight excluding hydrogens is 244 g/mol. The summed E-state index contributed by atoms with van der Waals surface area (Å²) in [7, 11) is 0. The van der Waals surface area contributed by atoms with Gasteiger partial charge in [0.05, 0.1) is 5.69 Å². The first kappa shape index (κ1) is 13.4. The lowest BCUT2D eigenvalue weighted by atomic mass is 10.1. The van der Waals surface area contributed by atoms with Gasteiger partial charge in [0.15, 0.2) is 0 Å². The predicted molar refractivity (Wildman–Crippen MR) is 77.2 cm³/mol. The van der Waals surface area contributed by atoms with Crippen LogP contribution in [0.4, 0.5) is 5.69 Å². The molecule has 0 radical (unpaired) electrons. The number of anilines is 1. The van der Waals surface area contributed by atoms with Gasteiger partial charge in [0.1, 0.15) is 0 Å². The molecule has 1 aromatic carbocycles. The quantitative estimate of drug-likeness (QED) is 0.912. The van der Waals surface area contributed by atoms with Gasteiger partial charge in [-0.05, 0) is 18.1 Å². The Morgan fingerprint density at radius 1 is 1.56 bits per heavy atom. The van der Waals surface area contributed by atoms with Crippen molar-refractivity contribution in [1.29, 1.82) is 0 Å². The van der Waals surface area contributed by atoms with Gasteiger partial charge in [-0.25, -0.2) is 0 Å². The average Bonchev–Trinajstić information content (AvgIpc) is 2.37. The van der Waals surface area contributed by atoms with Gasteiger partial charge >= 0.3 is 0 Å². The van der Waals surface area contributed by atoms with Gasteiger partial charge in [0, 0.05) is 29.7 Å². The minimum absolute atomic E-state index is 0.145. The maximum absolute atomic E-state index is 12.2. The van der Waals surface area contributed by atoms with Crippen LogP contribution >= 0.6 is 11.8 Å². The van der Waals surface area contributed by atoms with Crippen LogP contribution in [0.25, 0.3) is 0 Å². The van der Waals surface area contributed by atoms with Crippen molar-refractivity contribution in [1.82, 2.24) is 0 Å². The molecule has 1 unspecified atom stereocenters. The minimum Gasteiger partial charge on any atom is -0.330 e. The molecule has 3 nitrogen and oxygen atoms in total. The summed E-state index contributed by atoms with van der Waals surface area (Å²) in [6.07, 6.45) is 1.37. The van der Waals surface area contributed by atoms with E-state index in [0.717, 1.165) is 18.7 Å². The zero-order chi connectivity index (χ0) is 13.1. The molecule has 1 aliphatic heterocycles. The van der Waals surface area contributed by atoms with Crippen LogP contribution in [0.3, 0.4) is 0 Å². The Morgan fingerprint density at radius 2 is 2.33 bits per heavy atom. The van der Waals surface area contributed by atoms with Crippen LogP contribution in [0.2, 0.25) is 0 Å². The van der Waals surface area contributed by atoms with E-state index in [1.54, 1.807) is 0 Å². The Balaban J connectivity index is 2.42. The molecule has 4 heteroatoms. The number of para-hydroxylation sites is 1. The fraction of sp³-hybridized carbons (Fsp3) is 0.500. The molecule has 0 saturated heterocycles. The molecule has 0 aromatic heterocycles. The van der Waals surface area contributed by atoms with Crippen molar-refractivity contribution in [2.45, 2.75) is 36.8 Å². The van der Waals surface area contributed by atoms with Gasteiger partial charge in [0.25, 0.3) is 0 Å². The van der Waals surface area contributed by atoms with Crippen molar-refractivity contribution >= 4 is 23.4 Å². The number of aryl methyl sites for hydroxylation is 1. The molecule has 0 fully saturated rings. The summed E-state index contributed by atoms with van der Waals surface area (Å²) >= 11 is 1.86. The van der Waals surface area contributed by atoms with Crippen molar-refractivity contribution in [3.8, 4) is 0 Å². The number of amides is 1. The molecule has 2 N–H and O–H groups in total. The van der Waals surface area contributed by atoms with Gasteiger partial charge in [0.2, 0.25) is 5.91 Å². The highest BCUT2D eigenvalue weighted by atomic mass is 32.2. The molecule has 0 aliphatic carbocycles. The van der Waals surface area contributed by atoms with Crippen molar-refractivity contribution in [3.63, 3.8) is 0 Å². The summed E-state index contributed by atoms with van der Waals surface area (Å²) in [5.74, 6) is 0.145. The Morgan fingerprint density at radius 3 is 3.00 bits per heavy atom. The van der Waals surface area contributed by atoms with Crippen LogP contribution < -0.4 is 10.6 Å². The van der Waals surface area contributed by atoms with Gasteiger partial charge in [-0.2, -0.15) is 0 Å². The number of thioether (sulfide) groups is 1. The van der Waals surface area contributed by atoms with E-state index in [0.29, 0.717) is 18.2 Å². The number of rotatable bonds is 3. The van der Waals surface area contributed by atoms with Crippen LogP contribution in [0.1, 0.15) is 25.8 Å². The van der Waals surface area contributed by atoms with Crippen molar-refractivity contribution < 1.29 is 4.79 Å². The molecule has 0 saturated carbocycles. The monoisotopic (exact) mass is 264 g/mol. The molecule has 2 rings (SSSR count). The van der Waals surface area contributed by atoms with Crippen molar-refractivity contribution in [2.24, 2.45) is 5.73 Å².